The molecule has 8 heteroatoms. The number of fused-ring (bicyclic) bond motifs is 1. The average molecular weight is 557 g/mol. The van der Waals surface area contributed by atoms with Crippen molar-refractivity contribution in [1.82, 2.24) is 9.38 Å². The van der Waals surface area contributed by atoms with Crippen molar-refractivity contribution >= 4 is 37.5 Å². The van der Waals surface area contributed by atoms with Crippen LogP contribution in [0.25, 0.3) is 16.9 Å². The summed E-state index contributed by atoms with van der Waals surface area (Å²) >= 11 is 3.57. The number of anilines is 1. The third-order valence-corrected chi connectivity index (χ3v) is 7.11. The monoisotopic (exact) mass is 555 g/mol. The van der Waals surface area contributed by atoms with E-state index in [4.69, 9.17) is 9.17 Å². The predicted molar refractivity (Wildman–Crippen MR) is 144 cm³/mol. The van der Waals surface area contributed by atoms with Gasteiger partial charge in [0.25, 0.3) is 0 Å². The molecule has 0 aliphatic rings. The van der Waals surface area contributed by atoms with E-state index in [2.05, 4.69) is 55.9 Å². The van der Waals surface area contributed by atoms with Gasteiger partial charge in [-0.2, -0.15) is 8.42 Å². The Kier molecular flexibility index (Phi) is 6.72. The number of benzene rings is 2. The van der Waals surface area contributed by atoms with Crippen molar-refractivity contribution in [3.63, 3.8) is 0 Å². The molecular weight excluding hydrogens is 526 g/mol. The molecule has 0 unspecified atom stereocenters. The van der Waals surface area contributed by atoms with E-state index >= 15 is 0 Å². The van der Waals surface area contributed by atoms with Crippen LogP contribution in [0.3, 0.4) is 0 Å². The number of hydrogen-bond acceptors (Lipinski definition) is 5. The molecule has 1 N–H and O–H groups in total. The first-order valence-electron chi connectivity index (χ1n) is 11.4. The number of rotatable bonds is 7. The third kappa shape index (κ3) is 6.05. The molecule has 0 spiro atoms. The average Bonchev–Trinajstić information content (AvgIpc) is 3.10. The number of aromatic nitrogens is 2. The Morgan fingerprint density at radius 1 is 0.943 bits per heavy atom. The predicted octanol–water partition coefficient (Wildman–Crippen LogP) is 7.16. The van der Waals surface area contributed by atoms with Gasteiger partial charge in [0.15, 0.2) is 0 Å². The fraction of sp³-hybridized carbons (Fsp3) is 0.296. The molecule has 0 radical (unpaired) electrons. The maximum atomic E-state index is 12.6. The van der Waals surface area contributed by atoms with Gasteiger partial charge in [0.05, 0.1) is 0 Å². The van der Waals surface area contributed by atoms with Gasteiger partial charge in [-0.1, -0.05) is 39.0 Å². The van der Waals surface area contributed by atoms with Crippen molar-refractivity contribution in [2.45, 2.75) is 51.5 Å². The van der Waals surface area contributed by atoms with Gasteiger partial charge in [0, 0.05) is 21.8 Å². The van der Waals surface area contributed by atoms with Crippen molar-refractivity contribution in [2.75, 3.05) is 5.32 Å². The molecule has 0 aliphatic heterocycles. The molecule has 0 amide bonds. The lowest BCUT2D eigenvalue weighted by atomic mass is 9.82. The zero-order valence-corrected chi connectivity index (χ0v) is 22.9. The Bertz CT molecular complexity index is 1440. The molecule has 6 nitrogen and oxygen atoms in total. The summed E-state index contributed by atoms with van der Waals surface area (Å²) in [6.45, 7) is 11.1. The van der Waals surface area contributed by atoms with Gasteiger partial charge in [-0.15, -0.1) is 0 Å². The highest BCUT2D eigenvalue weighted by Crippen LogP contribution is 2.36. The number of halogens is 1. The van der Waals surface area contributed by atoms with Gasteiger partial charge in [-0.25, -0.2) is 4.98 Å². The summed E-state index contributed by atoms with van der Waals surface area (Å²) < 4.78 is 33.5. The van der Waals surface area contributed by atoms with Crippen molar-refractivity contribution in [1.29, 1.82) is 0 Å². The minimum atomic E-state index is -3.90. The molecule has 0 aliphatic carbocycles. The van der Waals surface area contributed by atoms with Crippen LogP contribution in [-0.4, -0.2) is 23.3 Å². The quantitative estimate of drug-likeness (QED) is 0.245. The van der Waals surface area contributed by atoms with E-state index in [0.29, 0.717) is 0 Å². The molecular formula is C27H30BrN3O3S. The van der Waals surface area contributed by atoms with Crippen LogP contribution in [0, 0.1) is 5.41 Å². The largest absolute Gasteiger partial charge is 0.379 e. The van der Waals surface area contributed by atoms with Gasteiger partial charge in [-0.05, 0) is 90.1 Å². The van der Waals surface area contributed by atoms with Gasteiger partial charge >= 0.3 is 10.1 Å². The first-order chi connectivity index (χ1) is 16.3. The Morgan fingerprint density at radius 2 is 1.60 bits per heavy atom. The Labute approximate surface area is 215 Å². The van der Waals surface area contributed by atoms with E-state index in [0.717, 1.165) is 33.6 Å². The third-order valence-electron chi connectivity index (χ3n) is 5.38. The molecule has 0 saturated heterocycles. The molecule has 0 atom stereocenters. The zero-order valence-electron chi connectivity index (χ0n) is 20.5. The van der Waals surface area contributed by atoms with E-state index < -0.39 is 10.1 Å². The molecule has 0 saturated carbocycles. The van der Waals surface area contributed by atoms with Crippen molar-refractivity contribution < 1.29 is 12.6 Å². The number of nitrogens with zero attached hydrogens (tertiary/aromatic N) is 2. The van der Waals surface area contributed by atoms with Gasteiger partial charge in [-0.3, -0.25) is 4.40 Å². The SMILES string of the molecule is CC(C)(C)CC(C)(C)Nc1c(-c2ccc(OS(=O)(=O)c3ccccc3)cc2)nc2ccc(Br)cn12. The van der Waals surface area contributed by atoms with Crippen LogP contribution in [-0.2, 0) is 10.1 Å². The standard InChI is InChI=1S/C27H30BrN3O3S/c1-26(2,3)18-27(4,5)30-25-24(29-23-16-13-20(28)17-31(23)25)19-11-14-21(15-12-19)34-35(32,33)22-9-7-6-8-10-22/h6-17,30H,18H2,1-5H3. The van der Waals surface area contributed by atoms with Crippen LogP contribution in [0.2, 0.25) is 0 Å². The lowest BCUT2D eigenvalue weighted by molar-refractivity contribution is 0.302. The van der Waals surface area contributed by atoms with Gasteiger partial charge in [0.2, 0.25) is 0 Å². The molecule has 0 bridgehead atoms. The van der Waals surface area contributed by atoms with E-state index in [1.165, 1.54) is 12.1 Å². The maximum Gasteiger partial charge on any atom is 0.339 e. The van der Waals surface area contributed by atoms with E-state index in [9.17, 15) is 8.42 Å². The number of hydrogen-bond donors (Lipinski definition) is 1. The Balaban J connectivity index is 1.70. The van der Waals surface area contributed by atoms with Gasteiger partial charge in [0.1, 0.15) is 27.8 Å². The van der Waals surface area contributed by atoms with Crippen molar-refractivity contribution in [3.05, 3.63) is 77.4 Å². The summed E-state index contributed by atoms with van der Waals surface area (Å²) in [5, 5.41) is 3.72. The van der Waals surface area contributed by atoms with Crippen molar-refractivity contribution in [2.24, 2.45) is 5.41 Å². The van der Waals surface area contributed by atoms with Crippen LogP contribution in [0.4, 0.5) is 5.82 Å². The molecule has 2 aromatic carbocycles. The van der Waals surface area contributed by atoms with Crippen LogP contribution in [0.5, 0.6) is 5.75 Å². The van der Waals surface area contributed by atoms with Gasteiger partial charge < -0.3 is 9.50 Å². The summed E-state index contributed by atoms with van der Waals surface area (Å²) in [4.78, 5) is 4.99. The molecule has 4 rings (SSSR count). The van der Waals surface area contributed by atoms with Crippen LogP contribution >= 0.6 is 15.9 Å². The summed E-state index contributed by atoms with van der Waals surface area (Å²) in [6.07, 6.45) is 2.94. The Hall–Kier alpha value is -2.84. The smallest absolute Gasteiger partial charge is 0.339 e. The van der Waals surface area contributed by atoms with Crippen LogP contribution in [0.15, 0.2) is 82.3 Å². The second kappa shape index (κ2) is 9.32. The van der Waals surface area contributed by atoms with E-state index in [1.54, 1.807) is 30.3 Å². The summed E-state index contributed by atoms with van der Waals surface area (Å²) in [6, 6.07) is 19.0. The van der Waals surface area contributed by atoms with Crippen LogP contribution in [0.1, 0.15) is 41.0 Å². The number of pyridine rings is 1. The topological polar surface area (TPSA) is 72.7 Å². The summed E-state index contributed by atoms with van der Waals surface area (Å²) in [5.41, 5.74) is 2.38. The highest BCUT2D eigenvalue weighted by atomic mass is 79.9. The van der Waals surface area contributed by atoms with E-state index in [1.807, 2.05) is 34.9 Å². The molecule has 0 fully saturated rings. The fourth-order valence-corrected chi connectivity index (χ4v) is 5.75. The first kappa shape index (κ1) is 25.3. The number of nitrogens with one attached hydrogen (secondary N) is 1. The molecule has 2 aromatic heterocycles. The number of imidazole rings is 1. The minimum Gasteiger partial charge on any atom is -0.379 e. The highest BCUT2D eigenvalue weighted by Gasteiger charge is 2.28. The maximum absolute atomic E-state index is 12.6. The first-order valence-corrected chi connectivity index (χ1v) is 13.6. The Morgan fingerprint density at radius 3 is 2.23 bits per heavy atom. The fourth-order valence-electron chi connectivity index (χ4n) is 4.46. The summed E-state index contributed by atoms with van der Waals surface area (Å²) in [7, 11) is -3.90. The lowest BCUT2D eigenvalue weighted by Crippen LogP contribution is -2.36. The van der Waals surface area contributed by atoms with E-state index in [-0.39, 0.29) is 21.6 Å². The molecule has 2 heterocycles. The molecule has 35 heavy (non-hydrogen) atoms. The molecule has 4 aromatic rings. The summed E-state index contributed by atoms with van der Waals surface area (Å²) in [5.74, 6) is 1.12. The van der Waals surface area contributed by atoms with Crippen molar-refractivity contribution in [3.8, 4) is 17.0 Å². The molecule has 184 valence electrons. The second-order valence-corrected chi connectivity index (χ2v) is 13.0. The normalized spacial score (nSPS) is 12.6. The zero-order chi connectivity index (χ0) is 25.4. The second-order valence-electron chi connectivity index (χ2n) is 10.5. The lowest BCUT2D eigenvalue weighted by Gasteiger charge is -2.34. The highest BCUT2D eigenvalue weighted by molar-refractivity contribution is 9.10. The minimum absolute atomic E-state index is 0.113. The van der Waals surface area contributed by atoms with Crippen LogP contribution < -0.4 is 9.50 Å².